The molecule has 112 valence electrons. The molecule has 0 radical (unpaired) electrons. The molecule has 0 heterocycles. The second kappa shape index (κ2) is 8.59. The third kappa shape index (κ3) is 5.21. The average molecular weight is 278 g/mol. The van der Waals surface area contributed by atoms with Gasteiger partial charge in [-0.2, -0.15) is 0 Å². The van der Waals surface area contributed by atoms with E-state index < -0.39 is 0 Å². The lowest BCUT2D eigenvalue weighted by Gasteiger charge is -2.24. The van der Waals surface area contributed by atoms with Crippen LogP contribution >= 0.6 is 0 Å². The molecule has 1 aromatic rings. The number of nitrogens with two attached hydrogens (primary N) is 1. The first kappa shape index (κ1) is 16.5. The minimum absolute atomic E-state index is 0.0650. The van der Waals surface area contributed by atoms with Crippen molar-refractivity contribution < 1.29 is 9.53 Å². The maximum atomic E-state index is 12.5. The van der Waals surface area contributed by atoms with E-state index in [0.717, 1.165) is 18.7 Å². The summed E-state index contributed by atoms with van der Waals surface area (Å²) in [7, 11) is 0. The van der Waals surface area contributed by atoms with Gasteiger partial charge in [0.25, 0.3) is 5.91 Å². The Balaban J connectivity index is 2.76. The number of amides is 1. The van der Waals surface area contributed by atoms with Crippen LogP contribution in [0.1, 0.15) is 37.6 Å². The molecule has 0 saturated carbocycles. The van der Waals surface area contributed by atoms with Gasteiger partial charge < -0.3 is 15.4 Å². The van der Waals surface area contributed by atoms with Crippen molar-refractivity contribution in [1.29, 1.82) is 0 Å². The van der Waals surface area contributed by atoms with E-state index in [1.54, 1.807) is 0 Å². The van der Waals surface area contributed by atoms with Crippen LogP contribution < -0.4 is 10.5 Å². The first-order chi connectivity index (χ1) is 9.58. The Kier molecular flexibility index (Phi) is 7.09. The van der Waals surface area contributed by atoms with Crippen LogP contribution in [0.2, 0.25) is 0 Å². The first-order valence-corrected chi connectivity index (χ1v) is 7.30. The summed E-state index contributed by atoms with van der Waals surface area (Å²) >= 11 is 0. The molecule has 4 heteroatoms. The third-order valence-corrected chi connectivity index (χ3v) is 2.92. The topological polar surface area (TPSA) is 55.6 Å². The van der Waals surface area contributed by atoms with Gasteiger partial charge in [-0.1, -0.05) is 13.8 Å². The van der Waals surface area contributed by atoms with Crippen LogP contribution in [0.15, 0.2) is 24.3 Å². The number of carbonyl (C=O) groups excluding carboxylic acids is 1. The molecular formula is C16H26N2O2. The molecule has 0 aliphatic carbocycles. The zero-order chi connectivity index (χ0) is 15.0. The van der Waals surface area contributed by atoms with Gasteiger partial charge in [0.2, 0.25) is 0 Å². The number of rotatable bonds is 8. The molecule has 0 aromatic heterocycles. The van der Waals surface area contributed by atoms with Crippen LogP contribution in [-0.4, -0.2) is 37.0 Å². The van der Waals surface area contributed by atoms with Crippen molar-refractivity contribution in [3.8, 4) is 5.75 Å². The van der Waals surface area contributed by atoms with Gasteiger partial charge in [-0.3, -0.25) is 4.79 Å². The van der Waals surface area contributed by atoms with Gasteiger partial charge in [0, 0.05) is 18.7 Å². The molecule has 0 aliphatic rings. The lowest BCUT2D eigenvalue weighted by molar-refractivity contribution is 0.0735. The maximum Gasteiger partial charge on any atom is 0.253 e. The van der Waals surface area contributed by atoms with Crippen molar-refractivity contribution in [2.45, 2.75) is 27.2 Å². The molecule has 0 fully saturated rings. The molecule has 1 amide bonds. The number of carbonyl (C=O) groups is 1. The van der Waals surface area contributed by atoms with E-state index in [9.17, 15) is 4.79 Å². The lowest BCUT2D eigenvalue weighted by atomic mass is 10.1. The van der Waals surface area contributed by atoms with E-state index in [-0.39, 0.29) is 5.91 Å². The molecule has 1 aromatic carbocycles. The van der Waals surface area contributed by atoms with Gasteiger partial charge in [0.15, 0.2) is 0 Å². The van der Waals surface area contributed by atoms with E-state index in [0.29, 0.717) is 31.2 Å². The fraction of sp³-hybridized carbons (Fsp3) is 0.562. The van der Waals surface area contributed by atoms with Gasteiger partial charge in [-0.05, 0) is 50.1 Å². The molecule has 1 rings (SSSR count). The summed E-state index contributed by atoms with van der Waals surface area (Å²) < 4.78 is 5.39. The normalized spacial score (nSPS) is 10.7. The zero-order valence-corrected chi connectivity index (χ0v) is 12.8. The van der Waals surface area contributed by atoms with Crippen molar-refractivity contribution in [3.63, 3.8) is 0 Å². The van der Waals surface area contributed by atoms with Crippen molar-refractivity contribution in [3.05, 3.63) is 29.8 Å². The van der Waals surface area contributed by atoms with Crippen molar-refractivity contribution in [1.82, 2.24) is 4.90 Å². The first-order valence-electron chi connectivity index (χ1n) is 7.30. The van der Waals surface area contributed by atoms with Crippen LogP contribution in [0.3, 0.4) is 0 Å². The number of nitrogens with zero attached hydrogens (tertiary/aromatic N) is 1. The molecule has 0 atom stereocenters. The van der Waals surface area contributed by atoms with Crippen LogP contribution in [0.25, 0.3) is 0 Å². The highest BCUT2D eigenvalue weighted by molar-refractivity contribution is 5.94. The highest BCUT2D eigenvalue weighted by Gasteiger charge is 2.16. The maximum absolute atomic E-state index is 12.5. The van der Waals surface area contributed by atoms with Crippen LogP contribution in [0.4, 0.5) is 0 Å². The van der Waals surface area contributed by atoms with Gasteiger partial charge in [0.05, 0.1) is 6.61 Å². The third-order valence-electron chi connectivity index (χ3n) is 2.92. The Morgan fingerprint density at radius 1 is 1.30 bits per heavy atom. The molecule has 0 bridgehead atoms. The molecule has 2 N–H and O–H groups in total. The lowest BCUT2D eigenvalue weighted by Crippen LogP contribution is -2.35. The summed E-state index contributed by atoms with van der Waals surface area (Å²) in [6, 6.07) is 7.33. The molecule has 0 saturated heterocycles. The number of benzene rings is 1. The second-order valence-electron chi connectivity index (χ2n) is 5.24. The Morgan fingerprint density at radius 3 is 2.45 bits per heavy atom. The van der Waals surface area contributed by atoms with Gasteiger partial charge >= 0.3 is 0 Å². The Hall–Kier alpha value is -1.55. The molecule has 0 spiro atoms. The van der Waals surface area contributed by atoms with Crippen LogP contribution in [0, 0.1) is 5.92 Å². The zero-order valence-electron chi connectivity index (χ0n) is 12.8. The summed E-state index contributed by atoms with van der Waals surface area (Å²) in [5.74, 6) is 1.30. The molecule has 0 unspecified atom stereocenters. The van der Waals surface area contributed by atoms with E-state index in [1.807, 2.05) is 36.1 Å². The standard InChI is InChI=1S/C16H26N2O2/c1-4-20-15-8-6-14(7-9-15)16(19)18(11-5-10-17)12-13(2)3/h6-9,13H,4-5,10-12,17H2,1-3H3. The summed E-state index contributed by atoms with van der Waals surface area (Å²) in [5, 5.41) is 0. The Bertz CT molecular complexity index is 401. The number of ether oxygens (including phenoxy) is 1. The molecule has 4 nitrogen and oxygen atoms in total. The van der Waals surface area contributed by atoms with Crippen LogP contribution in [0.5, 0.6) is 5.75 Å². The highest BCUT2D eigenvalue weighted by Crippen LogP contribution is 2.14. The summed E-state index contributed by atoms with van der Waals surface area (Å²) in [6.07, 6.45) is 0.829. The molecule has 20 heavy (non-hydrogen) atoms. The summed E-state index contributed by atoms with van der Waals surface area (Å²) in [6.45, 7) is 8.86. The second-order valence-corrected chi connectivity index (χ2v) is 5.24. The molecular weight excluding hydrogens is 252 g/mol. The fourth-order valence-electron chi connectivity index (χ4n) is 2.04. The minimum Gasteiger partial charge on any atom is -0.494 e. The SMILES string of the molecule is CCOc1ccc(C(=O)N(CCCN)CC(C)C)cc1. The van der Waals surface area contributed by atoms with E-state index in [1.165, 1.54) is 0 Å². The van der Waals surface area contributed by atoms with Gasteiger partial charge in [-0.25, -0.2) is 0 Å². The predicted molar refractivity (Wildman–Crippen MR) is 82.0 cm³/mol. The van der Waals surface area contributed by atoms with Gasteiger partial charge in [0.1, 0.15) is 5.75 Å². The van der Waals surface area contributed by atoms with Gasteiger partial charge in [-0.15, -0.1) is 0 Å². The van der Waals surface area contributed by atoms with E-state index in [2.05, 4.69) is 13.8 Å². The smallest absolute Gasteiger partial charge is 0.253 e. The van der Waals surface area contributed by atoms with E-state index in [4.69, 9.17) is 10.5 Å². The highest BCUT2D eigenvalue weighted by atomic mass is 16.5. The minimum atomic E-state index is 0.0650. The van der Waals surface area contributed by atoms with Crippen LogP contribution in [-0.2, 0) is 0 Å². The predicted octanol–water partition coefficient (Wildman–Crippen LogP) is 2.53. The largest absolute Gasteiger partial charge is 0.494 e. The average Bonchev–Trinajstić information content (AvgIpc) is 2.43. The van der Waals surface area contributed by atoms with Crippen molar-refractivity contribution in [2.75, 3.05) is 26.2 Å². The van der Waals surface area contributed by atoms with Crippen molar-refractivity contribution in [2.24, 2.45) is 11.7 Å². The molecule has 0 aliphatic heterocycles. The summed E-state index contributed by atoms with van der Waals surface area (Å²) in [5.41, 5.74) is 6.25. The fourth-order valence-corrected chi connectivity index (χ4v) is 2.04. The number of hydrogen-bond donors (Lipinski definition) is 1. The Morgan fingerprint density at radius 2 is 1.95 bits per heavy atom. The quantitative estimate of drug-likeness (QED) is 0.795. The van der Waals surface area contributed by atoms with E-state index >= 15 is 0 Å². The Labute approximate surface area is 121 Å². The monoisotopic (exact) mass is 278 g/mol. The number of hydrogen-bond acceptors (Lipinski definition) is 3. The van der Waals surface area contributed by atoms with Crippen molar-refractivity contribution >= 4 is 5.91 Å². The summed E-state index contributed by atoms with van der Waals surface area (Å²) in [4.78, 5) is 14.4.